The van der Waals surface area contributed by atoms with Crippen molar-refractivity contribution in [2.24, 2.45) is 4.99 Å². The van der Waals surface area contributed by atoms with E-state index in [2.05, 4.69) is 17.8 Å². The molecule has 27 heavy (non-hydrogen) atoms. The van der Waals surface area contributed by atoms with Crippen molar-refractivity contribution >= 4 is 27.5 Å². The van der Waals surface area contributed by atoms with Gasteiger partial charge in [-0.25, -0.2) is 4.39 Å². The number of nitrogens with zero attached hydrogens (tertiary/aromatic N) is 2. The zero-order chi connectivity index (χ0) is 19.2. The topological polar surface area (TPSA) is 43.6 Å². The summed E-state index contributed by atoms with van der Waals surface area (Å²) in [6.45, 7) is 2.88. The fourth-order valence-corrected chi connectivity index (χ4v) is 3.63. The maximum atomic E-state index is 14.2. The van der Waals surface area contributed by atoms with Crippen LogP contribution in [-0.2, 0) is 6.54 Å². The van der Waals surface area contributed by atoms with E-state index < -0.39 is 5.91 Å². The lowest BCUT2D eigenvalue weighted by Crippen LogP contribution is -2.17. The molecule has 6 heteroatoms. The number of benzene rings is 2. The normalized spacial score (nSPS) is 11.5. The minimum atomic E-state index is -0.409. The van der Waals surface area contributed by atoms with Gasteiger partial charge in [-0.05, 0) is 42.8 Å². The van der Waals surface area contributed by atoms with Crippen molar-refractivity contribution in [2.45, 2.75) is 26.3 Å². The van der Waals surface area contributed by atoms with Crippen LogP contribution in [-0.4, -0.2) is 17.1 Å². The van der Waals surface area contributed by atoms with Crippen molar-refractivity contribution < 1.29 is 13.9 Å². The summed E-state index contributed by atoms with van der Waals surface area (Å²) >= 11 is 1.23. The molecular weight excluding hydrogens is 363 g/mol. The Bertz CT molecular complexity index is 1060. The largest absolute Gasteiger partial charge is 0.494 e. The molecule has 138 valence electrons. The fourth-order valence-electron chi connectivity index (χ4n) is 2.59. The summed E-state index contributed by atoms with van der Waals surface area (Å²) in [6, 6.07) is 11.6. The van der Waals surface area contributed by atoms with E-state index in [0.29, 0.717) is 32.9 Å². The smallest absolute Gasteiger partial charge is 0.279 e. The van der Waals surface area contributed by atoms with Gasteiger partial charge in [0.1, 0.15) is 11.6 Å². The van der Waals surface area contributed by atoms with Gasteiger partial charge in [0.05, 0.1) is 23.4 Å². The van der Waals surface area contributed by atoms with Gasteiger partial charge in [-0.2, -0.15) is 4.99 Å². The summed E-state index contributed by atoms with van der Waals surface area (Å²) in [7, 11) is 0. The Balaban J connectivity index is 1.92. The molecule has 0 unspecified atom stereocenters. The van der Waals surface area contributed by atoms with Crippen molar-refractivity contribution in [3.8, 4) is 18.1 Å². The van der Waals surface area contributed by atoms with Gasteiger partial charge in [-0.1, -0.05) is 36.7 Å². The average molecular weight is 382 g/mol. The van der Waals surface area contributed by atoms with Crippen LogP contribution in [0.15, 0.2) is 47.5 Å². The Morgan fingerprint density at radius 1 is 1.30 bits per heavy atom. The number of hydrogen-bond donors (Lipinski definition) is 0. The number of para-hydroxylation sites is 1. The van der Waals surface area contributed by atoms with Crippen molar-refractivity contribution in [3.05, 3.63) is 58.6 Å². The van der Waals surface area contributed by atoms with Gasteiger partial charge in [0.25, 0.3) is 5.91 Å². The summed E-state index contributed by atoms with van der Waals surface area (Å²) in [5, 5.41) is 0. The minimum Gasteiger partial charge on any atom is -0.494 e. The molecule has 0 spiro atoms. The number of terminal acetylenes is 1. The Labute approximate surface area is 160 Å². The van der Waals surface area contributed by atoms with E-state index >= 15 is 0 Å². The highest BCUT2D eigenvalue weighted by Gasteiger charge is 2.12. The first-order chi connectivity index (χ1) is 13.1. The number of aromatic nitrogens is 1. The lowest BCUT2D eigenvalue weighted by Gasteiger charge is -2.05. The van der Waals surface area contributed by atoms with Gasteiger partial charge in [-0.3, -0.25) is 4.79 Å². The Morgan fingerprint density at radius 3 is 2.78 bits per heavy atom. The number of unbranched alkanes of at least 4 members (excludes halogenated alkanes) is 1. The van der Waals surface area contributed by atoms with Crippen LogP contribution in [0.3, 0.4) is 0 Å². The SMILES string of the molecule is C#CCn1c(=NC(=O)c2ccc(OCCCC)cc2)sc2cccc(F)c21. The second kappa shape index (κ2) is 8.65. The number of fused-ring (bicyclic) bond motifs is 1. The highest BCUT2D eigenvalue weighted by atomic mass is 32.1. The van der Waals surface area contributed by atoms with Crippen LogP contribution in [0.25, 0.3) is 10.2 Å². The van der Waals surface area contributed by atoms with Gasteiger partial charge in [0, 0.05) is 5.56 Å². The summed E-state index contributed by atoms with van der Waals surface area (Å²) in [6.07, 6.45) is 7.45. The molecule has 3 rings (SSSR count). The van der Waals surface area contributed by atoms with Gasteiger partial charge in [0.15, 0.2) is 4.80 Å². The first kappa shape index (κ1) is 18.9. The Kier molecular flexibility index (Phi) is 6.05. The maximum Gasteiger partial charge on any atom is 0.279 e. The van der Waals surface area contributed by atoms with Crippen LogP contribution in [0, 0.1) is 18.2 Å². The predicted molar refractivity (Wildman–Crippen MR) is 105 cm³/mol. The molecule has 0 atom stereocenters. The molecule has 2 aromatic carbocycles. The summed E-state index contributed by atoms with van der Waals surface area (Å²) in [5.41, 5.74) is 0.801. The molecule has 0 saturated heterocycles. The minimum absolute atomic E-state index is 0.136. The van der Waals surface area contributed by atoms with Crippen molar-refractivity contribution in [1.82, 2.24) is 4.57 Å². The summed E-state index contributed by atoms with van der Waals surface area (Å²) < 4.78 is 22.0. The molecule has 0 saturated carbocycles. The third-order valence-electron chi connectivity index (χ3n) is 3.97. The number of ether oxygens (including phenoxy) is 1. The van der Waals surface area contributed by atoms with Crippen LogP contribution in [0.4, 0.5) is 4.39 Å². The Morgan fingerprint density at radius 2 is 2.07 bits per heavy atom. The van der Waals surface area contributed by atoms with E-state index in [1.807, 2.05) is 0 Å². The quantitative estimate of drug-likeness (QED) is 0.469. The maximum absolute atomic E-state index is 14.2. The van der Waals surface area contributed by atoms with Crippen LogP contribution >= 0.6 is 11.3 Å². The second-order valence-corrected chi connectivity index (χ2v) is 6.91. The monoisotopic (exact) mass is 382 g/mol. The highest BCUT2D eigenvalue weighted by molar-refractivity contribution is 7.16. The molecular formula is C21H19FN2O2S. The van der Waals surface area contributed by atoms with E-state index in [0.717, 1.165) is 12.8 Å². The fraction of sp³-hybridized carbons (Fsp3) is 0.238. The van der Waals surface area contributed by atoms with E-state index in [-0.39, 0.29) is 12.4 Å². The van der Waals surface area contributed by atoms with Gasteiger partial charge in [0.2, 0.25) is 0 Å². The third-order valence-corrected chi connectivity index (χ3v) is 5.01. The first-order valence-electron chi connectivity index (χ1n) is 8.67. The van der Waals surface area contributed by atoms with E-state index in [1.165, 1.54) is 17.4 Å². The van der Waals surface area contributed by atoms with E-state index in [4.69, 9.17) is 11.2 Å². The zero-order valence-electron chi connectivity index (χ0n) is 14.9. The molecule has 0 aliphatic carbocycles. The molecule has 1 heterocycles. The van der Waals surface area contributed by atoms with Crippen LogP contribution < -0.4 is 9.54 Å². The Hall–Kier alpha value is -2.91. The lowest BCUT2D eigenvalue weighted by atomic mass is 10.2. The van der Waals surface area contributed by atoms with Crippen LogP contribution in [0.2, 0.25) is 0 Å². The van der Waals surface area contributed by atoms with Crippen molar-refractivity contribution in [2.75, 3.05) is 6.61 Å². The van der Waals surface area contributed by atoms with E-state index in [9.17, 15) is 9.18 Å². The molecule has 3 aromatic rings. The number of carbonyl (C=O) groups is 1. The standard InChI is InChI=1S/C21H19FN2O2S/c1-3-5-14-26-16-11-9-15(10-12-16)20(25)23-21-24(13-4-2)19-17(22)7-6-8-18(19)27-21/h2,6-12H,3,5,13-14H2,1H3. The van der Waals surface area contributed by atoms with Crippen LogP contribution in [0.1, 0.15) is 30.1 Å². The molecule has 0 N–H and O–H groups in total. The van der Waals surface area contributed by atoms with Gasteiger partial charge < -0.3 is 9.30 Å². The summed E-state index contributed by atoms with van der Waals surface area (Å²) in [4.78, 5) is 17.1. The number of rotatable bonds is 6. The first-order valence-corrected chi connectivity index (χ1v) is 9.49. The summed E-state index contributed by atoms with van der Waals surface area (Å²) in [5.74, 6) is 2.41. The van der Waals surface area contributed by atoms with Gasteiger partial charge >= 0.3 is 0 Å². The molecule has 4 nitrogen and oxygen atoms in total. The molecule has 0 fully saturated rings. The highest BCUT2D eigenvalue weighted by Crippen LogP contribution is 2.20. The predicted octanol–water partition coefficient (Wildman–Crippen LogP) is 4.40. The van der Waals surface area contributed by atoms with Crippen molar-refractivity contribution in [3.63, 3.8) is 0 Å². The lowest BCUT2D eigenvalue weighted by molar-refractivity contribution is 0.0998. The number of halogens is 1. The van der Waals surface area contributed by atoms with Crippen LogP contribution in [0.5, 0.6) is 5.75 Å². The molecule has 1 amide bonds. The number of carbonyl (C=O) groups excluding carboxylic acids is 1. The molecule has 0 aliphatic rings. The van der Waals surface area contributed by atoms with Gasteiger partial charge in [-0.15, -0.1) is 6.42 Å². The molecule has 0 radical (unpaired) electrons. The third kappa shape index (κ3) is 4.26. The van der Waals surface area contributed by atoms with Crippen molar-refractivity contribution in [1.29, 1.82) is 0 Å². The number of amides is 1. The molecule has 1 aromatic heterocycles. The average Bonchev–Trinajstić information content (AvgIpc) is 3.01. The molecule has 0 bridgehead atoms. The second-order valence-electron chi connectivity index (χ2n) is 5.90. The van der Waals surface area contributed by atoms with E-state index in [1.54, 1.807) is 41.0 Å². The number of thiazole rings is 1. The molecule has 0 aliphatic heterocycles. The zero-order valence-corrected chi connectivity index (χ0v) is 15.8. The number of hydrogen-bond acceptors (Lipinski definition) is 3.